The van der Waals surface area contributed by atoms with Crippen molar-refractivity contribution in [3.05, 3.63) is 43.1 Å². The summed E-state index contributed by atoms with van der Waals surface area (Å²) in [4.78, 5) is 84.3. The molecule has 2 rings (SSSR count). The average Bonchev–Trinajstić information content (AvgIpc) is 3.39. The van der Waals surface area contributed by atoms with Gasteiger partial charge in [-0.15, -0.1) is 0 Å². The first-order valence-corrected chi connectivity index (χ1v) is 18.0. The van der Waals surface area contributed by atoms with Gasteiger partial charge in [0.15, 0.2) is 0 Å². The van der Waals surface area contributed by atoms with Gasteiger partial charge in [0.2, 0.25) is 0 Å². The Labute approximate surface area is 400 Å². The van der Waals surface area contributed by atoms with Crippen LogP contribution in [0.3, 0.4) is 0 Å². The Morgan fingerprint density at radius 1 is 0.400 bits per heavy atom. The largest absolute Gasteiger partial charge is 0.481 e. The van der Waals surface area contributed by atoms with E-state index in [1.165, 1.54) is 42.4 Å². The van der Waals surface area contributed by atoms with Gasteiger partial charge in [0.05, 0.1) is 0 Å². The van der Waals surface area contributed by atoms with E-state index in [0.717, 1.165) is 5.57 Å². The van der Waals surface area contributed by atoms with Gasteiger partial charge in [0.25, 0.3) is 0 Å². The van der Waals surface area contributed by atoms with Crippen molar-refractivity contribution < 1.29 is 154 Å². The minimum atomic E-state index is -0.745. The van der Waals surface area contributed by atoms with Crippen molar-refractivity contribution in [3.8, 4) is 0 Å². The average molecular weight is 970 g/mol. The summed E-state index contributed by atoms with van der Waals surface area (Å²) in [7, 11) is 0. The summed E-state index contributed by atoms with van der Waals surface area (Å²) in [6.45, 7) is 26.6. The first-order valence-electron chi connectivity index (χ1n) is 18.0. The maximum absolute atomic E-state index is 9.37. The molecule has 0 amide bonds. The smallest absolute Gasteiger partial charge is 0.303 e. The maximum Gasteiger partial charge on any atom is 0.303 e. The molecular weight excluding hydrogens is 900 g/mol. The van der Waals surface area contributed by atoms with Crippen LogP contribution in [0.4, 0.5) is 0 Å². The molecule has 2 aliphatic rings. The van der Waals surface area contributed by atoms with Crippen molar-refractivity contribution in [1.29, 1.82) is 0 Å². The van der Waals surface area contributed by atoms with Crippen LogP contribution in [-0.4, -0.2) is 99.7 Å². The van der Waals surface area contributed by atoms with Crippen molar-refractivity contribution in [2.45, 2.75) is 146 Å². The molecule has 1 atom stereocenters. The van der Waals surface area contributed by atoms with E-state index in [0.29, 0.717) is 5.92 Å². The number of carboxylic acid groups (broad SMARTS) is 9. The van der Waals surface area contributed by atoms with Crippen molar-refractivity contribution in [1.82, 2.24) is 0 Å². The second kappa shape index (κ2) is 62.2. The van der Waals surface area contributed by atoms with E-state index in [1.54, 1.807) is 62.3 Å². The van der Waals surface area contributed by atoms with E-state index in [1.807, 2.05) is 0 Å². The topological polar surface area (TPSA) is 336 Å². The van der Waals surface area contributed by atoms with E-state index in [2.05, 4.69) is 20.8 Å². The number of allylic oxidation sites excluding steroid dienone is 4. The molecular formula is C39H69O18Ti3-3. The molecule has 0 saturated carbocycles. The molecule has 0 heterocycles. The SMILES string of the molecule is CCC(=O)O.CCC(=O)O.CCC(=O)O.CCC(=O)O.CCC(=O)O.CCC(=O)O.CCC(=O)O.CCC(=O)O.CCC(=O)O.[CH2-]C1=C([CH2-])C([CH2-])C2=C1CCCC2.[Ti].[Ti].[Ti]. The molecule has 0 aromatic rings. The first kappa shape index (κ1) is 84.1. The molecule has 9 N–H and O–H groups in total. The number of rotatable bonds is 9. The molecule has 0 aliphatic heterocycles. The molecule has 0 spiro atoms. The summed E-state index contributed by atoms with van der Waals surface area (Å²) in [5, 5.41) is 69.5. The number of aliphatic carboxylic acids is 9. The summed E-state index contributed by atoms with van der Waals surface area (Å²) in [5.41, 5.74) is 5.34. The molecule has 0 bridgehead atoms. The Bertz CT molecular complexity index is 1020. The summed E-state index contributed by atoms with van der Waals surface area (Å²) < 4.78 is 0. The van der Waals surface area contributed by atoms with Crippen LogP contribution >= 0.6 is 0 Å². The van der Waals surface area contributed by atoms with E-state index in [4.69, 9.17) is 46.0 Å². The normalized spacial score (nSPS) is 11.5. The minimum Gasteiger partial charge on any atom is -0.481 e. The molecule has 18 nitrogen and oxygen atoms in total. The fourth-order valence-electron chi connectivity index (χ4n) is 2.27. The van der Waals surface area contributed by atoms with Gasteiger partial charge in [-0.05, 0) is 6.42 Å². The van der Waals surface area contributed by atoms with Crippen molar-refractivity contribution in [2.24, 2.45) is 5.92 Å². The van der Waals surface area contributed by atoms with Gasteiger partial charge in [-0.1, -0.05) is 81.6 Å². The Hall–Kier alpha value is -3.41. The standard InChI is InChI=1S/C12H15.9C3H6O2.3Ti/c1-8-9(2)11-6-4-5-7-12(11)10(8)3;9*1-2-3(4)5;;;/h9H,1-7H2;9*2H2,1H3,(H,4,5);;;/q-3;;;;;;;;;;;;. The van der Waals surface area contributed by atoms with Crippen LogP contribution in [0.2, 0.25) is 0 Å². The summed E-state index contributed by atoms with van der Waals surface area (Å²) in [5.74, 6) is -6.37. The predicted molar refractivity (Wildman–Crippen MR) is 213 cm³/mol. The van der Waals surface area contributed by atoms with Crippen LogP contribution in [0.25, 0.3) is 0 Å². The van der Waals surface area contributed by atoms with E-state index < -0.39 is 53.7 Å². The molecule has 21 heteroatoms. The van der Waals surface area contributed by atoms with Crippen LogP contribution in [0.5, 0.6) is 0 Å². The van der Waals surface area contributed by atoms with E-state index >= 15 is 0 Å². The van der Waals surface area contributed by atoms with Gasteiger partial charge >= 0.3 is 53.7 Å². The molecule has 2 aliphatic carbocycles. The zero-order valence-corrected chi connectivity index (χ0v) is 41.3. The number of carbonyl (C=O) groups is 9. The summed E-state index contributed by atoms with van der Waals surface area (Å²) in [6.07, 6.45) is 7.07. The molecule has 348 valence electrons. The van der Waals surface area contributed by atoms with Crippen LogP contribution < -0.4 is 0 Å². The number of carboxylic acids is 9. The van der Waals surface area contributed by atoms with Gasteiger partial charge in [-0.25, -0.2) is 11.5 Å². The Balaban J connectivity index is -0.0000000504. The number of hydrogen-bond acceptors (Lipinski definition) is 9. The molecule has 60 heavy (non-hydrogen) atoms. The van der Waals surface area contributed by atoms with Crippen LogP contribution in [-0.2, 0) is 108 Å². The fraction of sp³-hybridized carbons (Fsp3) is 0.590. The van der Waals surface area contributed by atoms with Crippen molar-refractivity contribution >= 4 is 53.7 Å². The van der Waals surface area contributed by atoms with Crippen molar-refractivity contribution in [2.75, 3.05) is 0 Å². The first-order chi connectivity index (χ1) is 26.1. The Morgan fingerprint density at radius 2 is 0.550 bits per heavy atom. The zero-order chi connectivity index (χ0) is 47.3. The van der Waals surface area contributed by atoms with Gasteiger partial charge in [0, 0.05) is 123 Å². The fourth-order valence-corrected chi connectivity index (χ4v) is 2.27. The second-order valence-electron chi connectivity index (χ2n) is 10.5. The zero-order valence-electron chi connectivity index (χ0n) is 36.6. The van der Waals surface area contributed by atoms with Gasteiger partial charge < -0.3 is 64.0 Å². The van der Waals surface area contributed by atoms with Gasteiger partial charge in [-0.3, -0.25) is 57.0 Å². The quantitative estimate of drug-likeness (QED) is 0.0792. The summed E-state index contributed by atoms with van der Waals surface area (Å²) in [6, 6.07) is 0. The molecule has 0 radical (unpaired) electrons. The molecule has 0 saturated heterocycles. The minimum absolute atomic E-state index is 0. The second-order valence-corrected chi connectivity index (χ2v) is 10.5. The molecule has 0 aromatic heterocycles. The number of hydrogen-bond donors (Lipinski definition) is 9. The third-order valence-electron chi connectivity index (χ3n) is 5.83. The van der Waals surface area contributed by atoms with Gasteiger partial charge in [-0.2, -0.15) is 5.57 Å². The monoisotopic (exact) mass is 969 g/mol. The molecule has 1 unspecified atom stereocenters. The van der Waals surface area contributed by atoms with E-state index in [-0.39, 0.29) is 123 Å². The summed E-state index contributed by atoms with van der Waals surface area (Å²) >= 11 is 0. The van der Waals surface area contributed by atoms with E-state index in [9.17, 15) is 43.2 Å². The van der Waals surface area contributed by atoms with Crippen molar-refractivity contribution in [3.63, 3.8) is 0 Å². The molecule has 0 aromatic carbocycles. The van der Waals surface area contributed by atoms with Crippen LogP contribution in [0.15, 0.2) is 22.3 Å². The van der Waals surface area contributed by atoms with Crippen LogP contribution in [0.1, 0.15) is 146 Å². The Kier molecular flexibility index (Phi) is 87.3. The van der Waals surface area contributed by atoms with Crippen LogP contribution in [0, 0.1) is 26.7 Å². The predicted octanol–water partition coefficient (Wildman–Crippen LogP) is 7.61. The van der Waals surface area contributed by atoms with Gasteiger partial charge in [0.1, 0.15) is 0 Å². The molecule has 0 fully saturated rings. The Morgan fingerprint density at radius 3 is 0.683 bits per heavy atom. The maximum atomic E-state index is 9.37. The third-order valence-corrected chi connectivity index (χ3v) is 5.83. The third kappa shape index (κ3) is 90.6.